The summed E-state index contributed by atoms with van der Waals surface area (Å²) in [5.41, 5.74) is 1.72. The number of fused-ring (bicyclic) bond motifs is 2. The SMILES string of the molecule is CN(C)CCCNc1nc(-c2cc3ccccc3o2)nc2cc(Br)ccc12. The molecule has 5 nitrogen and oxygen atoms in total. The van der Waals surface area contributed by atoms with Gasteiger partial charge < -0.3 is 14.6 Å². The second-order valence-electron chi connectivity index (χ2n) is 6.79. The lowest BCUT2D eigenvalue weighted by atomic mass is 10.2. The lowest BCUT2D eigenvalue weighted by Crippen LogP contribution is -2.16. The lowest BCUT2D eigenvalue weighted by molar-refractivity contribution is 0.405. The van der Waals surface area contributed by atoms with Crippen molar-refractivity contribution in [3.63, 3.8) is 0 Å². The molecule has 0 fully saturated rings. The standard InChI is InChI=1S/C21H21BrN4O/c1-26(2)11-5-10-23-20-16-9-8-15(22)13-17(16)24-21(25-20)19-12-14-6-3-4-7-18(14)27-19/h3-4,6-9,12-13H,5,10-11H2,1-2H3,(H,23,24,25). The van der Waals surface area contributed by atoms with Crippen LogP contribution in [0.15, 0.2) is 57.4 Å². The van der Waals surface area contributed by atoms with E-state index in [1.807, 2.05) is 48.5 Å². The molecule has 0 aliphatic rings. The van der Waals surface area contributed by atoms with Gasteiger partial charge in [-0.2, -0.15) is 0 Å². The number of para-hydroxylation sites is 1. The molecule has 2 aromatic carbocycles. The van der Waals surface area contributed by atoms with Crippen LogP contribution in [0.25, 0.3) is 33.5 Å². The molecule has 4 aromatic rings. The number of anilines is 1. The Kier molecular flexibility index (Phi) is 5.09. The highest BCUT2D eigenvalue weighted by Crippen LogP contribution is 2.30. The molecule has 6 heteroatoms. The number of aromatic nitrogens is 2. The van der Waals surface area contributed by atoms with E-state index < -0.39 is 0 Å². The molecule has 0 aliphatic heterocycles. The van der Waals surface area contributed by atoms with Gasteiger partial charge in [0.05, 0.1) is 5.52 Å². The monoisotopic (exact) mass is 424 g/mol. The molecular weight excluding hydrogens is 404 g/mol. The summed E-state index contributed by atoms with van der Waals surface area (Å²) in [6, 6.07) is 16.0. The van der Waals surface area contributed by atoms with Gasteiger partial charge in [0.25, 0.3) is 0 Å². The number of rotatable bonds is 6. The molecular formula is C21H21BrN4O. The Balaban J connectivity index is 1.74. The molecule has 138 valence electrons. The number of benzene rings is 2. The fourth-order valence-corrected chi connectivity index (χ4v) is 3.39. The first-order valence-corrected chi connectivity index (χ1v) is 9.74. The fourth-order valence-electron chi connectivity index (χ4n) is 3.04. The highest BCUT2D eigenvalue weighted by atomic mass is 79.9. The summed E-state index contributed by atoms with van der Waals surface area (Å²) in [6.07, 6.45) is 1.04. The molecule has 27 heavy (non-hydrogen) atoms. The van der Waals surface area contributed by atoms with Crippen molar-refractivity contribution in [1.82, 2.24) is 14.9 Å². The molecule has 0 atom stereocenters. The number of halogens is 1. The number of nitrogens with one attached hydrogen (secondary N) is 1. The summed E-state index contributed by atoms with van der Waals surface area (Å²) < 4.78 is 6.96. The molecule has 2 aromatic heterocycles. The molecule has 0 aliphatic carbocycles. The summed E-state index contributed by atoms with van der Waals surface area (Å²) in [4.78, 5) is 11.7. The van der Waals surface area contributed by atoms with Gasteiger partial charge in [-0.05, 0) is 57.4 Å². The summed E-state index contributed by atoms with van der Waals surface area (Å²) in [5.74, 6) is 2.10. The third kappa shape index (κ3) is 3.96. The Labute approximate surface area is 166 Å². The van der Waals surface area contributed by atoms with E-state index in [1.54, 1.807) is 0 Å². The molecule has 0 spiro atoms. The Morgan fingerprint density at radius 2 is 1.93 bits per heavy atom. The minimum absolute atomic E-state index is 0.590. The normalized spacial score (nSPS) is 11.6. The average Bonchev–Trinajstić information content (AvgIpc) is 3.08. The van der Waals surface area contributed by atoms with Crippen molar-refractivity contribution in [2.24, 2.45) is 0 Å². The number of furan rings is 1. The van der Waals surface area contributed by atoms with Crippen LogP contribution in [0.5, 0.6) is 0 Å². The second kappa shape index (κ2) is 7.66. The highest BCUT2D eigenvalue weighted by Gasteiger charge is 2.13. The van der Waals surface area contributed by atoms with E-state index in [4.69, 9.17) is 14.4 Å². The van der Waals surface area contributed by atoms with Gasteiger partial charge in [-0.1, -0.05) is 34.1 Å². The van der Waals surface area contributed by atoms with Crippen LogP contribution >= 0.6 is 15.9 Å². The van der Waals surface area contributed by atoms with E-state index in [1.165, 1.54) is 0 Å². The topological polar surface area (TPSA) is 54.2 Å². The summed E-state index contributed by atoms with van der Waals surface area (Å²) >= 11 is 3.54. The van der Waals surface area contributed by atoms with Crippen molar-refractivity contribution in [2.75, 3.05) is 32.5 Å². The van der Waals surface area contributed by atoms with Crippen LogP contribution in [0.3, 0.4) is 0 Å². The molecule has 0 radical (unpaired) electrons. The van der Waals surface area contributed by atoms with Crippen LogP contribution in [0.1, 0.15) is 6.42 Å². The first-order valence-electron chi connectivity index (χ1n) is 8.95. The highest BCUT2D eigenvalue weighted by molar-refractivity contribution is 9.10. The zero-order chi connectivity index (χ0) is 18.8. The molecule has 0 saturated carbocycles. The minimum atomic E-state index is 0.590. The number of nitrogens with zero attached hydrogens (tertiary/aromatic N) is 3. The predicted molar refractivity (Wildman–Crippen MR) is 114 cm³/mol. The predicted octanol–water partition coefficient (Wildman–Crippen LogP) is 5.17. The van der Waals surface area contributed by atoms with E-state index >= 15 is 0 Å². The van der Waals surface area contributed by atoms with Crippen LogP contribution in [0.2, 0.25) is 0 Å². The Hall–Kier alpha value is -2.44. The van der Waals surface area contributed by atoms with Crippen molar-refractivity contribution in [3.8, 4) is 11.6 Å². The van der Waals surface area contributed by atoms with E-state index in [0.29, 0.717) is 11.6 Å². The maximum Gasteiger partial charge on any atom is 0.198 e. The van der Waals surface area contributed by atoms with Gasteiger partial charge in [0.15, 0.2) is 11.6 Å². The fraction of sp³-hybridized carbons (Fsp3) is 0.238. The summed E-state index contributed by atoms with van der Waals surface area (Å²) in [7, 11) is 4.16. The van der Waals surface area contributed by atoms with Crippen molar-refractivity contribution in [1.29, 1.82) is 0 Å². The Morgan fingerprint density at radius 3 is 2.74 bits per heavy atom. The molecule has 0 unspecified atom stereocenters. The van der Waals surface area contributed by atoms with E-state index in [-0.39, 0.29) is 0 Å². The van der Waals surface area contributed by atoms with Crippen LogP contribution in [0, 0.1) is 0 Å². The zero-order valence-electron chi connectivity index (χ0n) is 15.4. The van der Waals surface area contributed by atoms with Crippen LogP contribution < -0.4 is 5.32 Å². The minimum Gasteiger partial charge on any atom is -0.453 e. The third-order valence-corrected chi connectivity index (χ3v) is 4.87. The molecule has 2 heterocycles. The molecule has 4 rings (SSSR count). The second-order valence-corrected chi connectivity index (χ2v) is 7.71. The van der Waals surface area contributed by atoms with E-state index in [9.17, 15) is 0 Å². The van der Waals surface area contributed by atoms with Gasteiger partial charge in [-0.15, -0.1) is 0 Å². The molecule has 0 bridgehead atoms. The van der Waals surface area contributed by atoms with Gasteiger partial charge in [0.2, 0.25) is 0 Å². The number of hydrogen-bond donors (Lipinski definition) is 1. The van der Waals surface area contributed by atoms with Crippen LogP contribution in [-0.2, 0) is 0 Å². The summed E-state index contributed by atoms with van der Waals surface area (Å²) in [5, 5.41) is 5.52. The van der Waals surface area contributed by atoms with Crippen molar-refractivity contribution in [3.05, 3.63) is 53.0 Å². The zero-order valence-corrected chi connectivity index (χ0v) is 17.0. The van der Waals surface area contributed by atoms with Crippen LogP contribution in [0.4, 0.5) is 5.82 Å². The van der Waals surface area contributed by atoms with Gasteiger partial charge in [0.1, 0.15) is 11.4 Å². The Morgan fingerprint density at radius 1 is 1.07 bits per heavy atom. The molecule has 0 saturated heterocycles. The first kappa shape index (κ1) is 17.9. The largest absolute Gasteiger partial charge is 0.453 e. The van der Waals surface area contributed by atoms with Gasteiger partial charge in [-0.3, -0.25) is 0 Å². The number of hydrogen-bond acceptors (Lipinski definition) is 5. The van der Waals surface area contributed by atoms with E-state index in [2.05, 4.69) is 40.2 Å². The van der Waals surface area contributed by atoms with Crippen molar-refractivity contribution in [2.45, 2.75) is 6.42 Å². The molecule has 1 N–H and O–H groups in total. The van der Waals surface area contributed by atoms with Gasteiger partial charge in [-0.25, -0.2) is 9.97 Å². The molecule has 0 amide bonds. The van der Waals surface area contributed by atoms with Crippen LogP contribution in [-0.4, -0.2) is 42.1 Å². The van der Waals surface area contributed by atoms with Crippen molar-refractivity contribution < 1.29 is 4.42 Å². The van der Waals surface area contributed by atoms with E-state index in [0.717, 1.165) is 51.7 Å². The average molecular weight is 425 g/mol. The third-order valence-electron chi connectivity index (χ3n) is 4.38. The lowest BCUT2D eigenvalue weighted by Gasteiger charge is -2.12. The van der Waals surface area contributed by atoms with Crippen molar-refractivity contribution >= 4 is 43.6 Å². The Bertz CT molecular complexity index is 1060. The summed E-state index contributed by atoms with van der Waals surface area (Å²) in [6.45, 7) is 1.87. The maximum atomic E-state index is 5.97. The van der Waals surface area contributed by atoms with Gasteiger partial charge in [0, 0.05) is 21.8 Å². The van der Waals surface area contributed by atoms with Gasteiger partial charge >= 0.3 is 0 Å². The smallest absolute Gasteiger partial charge is 0.198 e. The maximum absolute atomic E-state index is 5.97. The first-order chi connectivity index (χ1) is 13.1. The quantitative estimate of drug-likeness (QED) is 0.432.